The number of rotatable bonds is 8. The zero-order chi connectivity index (χ0) is 25.3. The van der Waals surface area contributed by atoms with Crippen LogP contribution >= 0.6 is 11.6 Å². The predicted octanol–water partition coefficient (Wildman–Crippen LogP) is 2.27. The molecule has 0 radical (unpaired) electrons. The number of halogens is 1. The molecule has 0 unspecified atom stereocenters. The first kappa shape index (κ1) is 24.2. The van der Waals surface area contributed by atoms with Crippen LogP contribution in [0.3, 0.4) is 0 Å². The van der Waals surface area contributed by atoms with E-state index in [1.54, 1.807) is 25.1 Å². The molecule has 0 spiro atoms. The highest BCUT2D eigenvalue weighted by Gasteiger charge is 2.44. The maximum Gasteiger partial charge on any atom is 0.334 e. The second kappa shape index (κ2) is 9.77. The van der Waals surface area contributed by atoms with Crippen molar-refractivity contribution in [2.75, 3.05) is 31.6 Å². The number of hydrogen-bond acceptors (Lipinski definition) is 7. The molecule has 1 N–H and O–H groups in total. The van der Waals surface area contributed by atoms with Crippen molar-refractivity contribution in [3.05, 3.63) is 63.7 Å². The summed E-state index contributed by atoms with van der Waals surface area (Å²) in [5.74, 6) is -3.72. The zero-order valence-electron chi connectivity index (χ0n) is 18.6. The van der Waals surface area contributed by atoms with Crippen molar-refractivity contribution < 1.29 is 33.5 Å². The Morgan fingerprint density at radius 2 is 1.51 bits per heavy atom. The summed E-state index contributed by atoms with van der Waals surface area (Å²) in [7, 11) is 0. The lowest BCUT2D eigenvalue weighted by Crippen LogP contribution is -2.39. The van der Waals surface area contributed by atoms with Crippen LogP contribution in [0.25, 0.3) is 0 Å². The van der Waals surface area contributed by atoms with E-state index < -0.39 is 36.1 Å². The van der Waals surface area contributed by atoms with Crippen LogP contribution in [0.5, 0.6) is 0 Å². The van der Waals surface area contributed by atoms with E-state index >= 15 is 0 Å². The van der Waals surface area contributed by atoms with Gasteiger partial charge >= 0.3 is 17.8 Å². The summed E-state index contributed by atoms with van der Waals surface area (Å²) in [6.07, 6.45) is 0.346. The molecule has 0 bridgehead atoms. The standard InChI is InChI=1S/C24H20ClN3O7/c1-2-35-9-5-8-27-22(32)23(33)28(24(27)34)12-19(29)26-18-11-16-15(10-17(18)25)20(30)13-6-3-4-7-14(13)21(16)31/h3-4,6-7,10-11H,2,5,8-9,12H2,1H3,(H,26,29). The summed E-state index contributed by atoms with van der Waals surface area (Å²) in [6, 6.07) is 8.04. The summed E-state index contributed by atoms with van der Waals surface area (Å²) in [6.45, 7) is 1.84. The number of nitrogens with zero attached hydrogens (tertiary/aromatic N) is 2. The minimum atomic E-state index is -1.12. The number of hydrogen-bond donors (Lipinski definition) is 1. The fourth-order valence-corrected chi connectivity index (χ4v) is 4.11. The van der Waals surface area contributed by atoms with E-state index in [2.05, 4.69) is 5.32 Å². The van der Waals surface area contributed by atoms with Crippen molar-refractivity contribution >= 4 is 52.6 Å². The van der Waals surface area contributed by atoms with E-state index in [0.717, 1.165) is 4.90 Å². The zero-order valence-corrected chi connectivity index (χ0v) is 19.4. The highest BCUT2D eigenvalue weighted by molar-refractivity contribution is 6.45. The van der Waals surface area contributed by atoms with Crippen LogP contribution < -0.4 is 5.32 Å². The van der Waals surface area contributed by atoms with E-state index in [9.17, 15) is 28.8 Å². The van der Waals surface area contributed by atoms with E-state index in [0.29, 0.717) is 24.5 Å². The number of benzene rings is 2. The van der Waals surface area contributed by atoms with Gasteiger partial charge in [-0.1, -0.05) is 35.9 Å². The smallest absolute Gasteiger partial charge is 0.334 e. The highest BCUT2D eigenvalue weighted by Crippen LogP contribution is 2.33. The highest BCUT2D eigenvalue weighted by atomic mass is 35.5. The van der Waals surface area contributed by atoms with Gasteiger partial charge in [0.15, 0.2) is 11.6 Å². The number of carbonyl (C=O) groups excluding carboxylic acids is 6. The molecule has 1 heterocycles. The summed E-state index contributed by atoms with van der Waals surface area (Å²) in [4.78, 5) is 76.6. The van der Waals surface area contributed by atoms with Crippen LogP contribution in [0.4, 0.5) is 10.5 Å². The Labute approximate surface area is 204 Å². The van der Waals surface area contributed by atoms with Gasteiger partial charge in [-0.25, -0.2) is 9.69 Å². The second-order valence-corrected chi connectivity index (χ2v) is 8.22. The Kier molecular flexibility index (Phi) is 6.77. The lowest BCUT2D eigenvalue weighted by Gasteiger charge is -2.19. The average Bonchev–Trinajstić information content (AvgIpc) is 3.04. The molecular formula is C24H20ClN3O7. The number of urea groups is 1. The first-order chi connectivity index (χ1) is 16.7. The molecule has 2 aromatic rings. The van der Waals surface area contributed by atoms with Gasteiger partial charge in [0.2, 0.25) is 5.91 Å². The minimum absolute atomic E-state index is 0.00895. The molecule has 1 aliphatic carbocycles. The molecule has 2 aliphatic rings. The molecule has 2 aromatic carbocycles. The fraction of sp³-hybridized carbons (Fsp3) is 0.250. The SMILES string of the molecule is CCOCCCN1C(=O)C(=O)N(CC(=O)Nc2cc3c(cc2Cl)C(=O)c2ccccc2C3=O)C1=O. The van der Waals surface area contributed by atoms with Crippen molar-refractivity contribution in [1.82, 2.24) is 9.80 Å². The van der Waals surface area contributed by atoms with Gasteiger partial charge in [-0.05, 0) is 25.5 Å². The van der Waals surface area contributed by atoms with Gasteiger partial charge in [-0.15, -0.1) is 0 Å². The predicted molar refractivity (Wildman–Crippen MR) is 123 cm³/mol. The number of ether oxygens (including phenoxy) is 1. The molecule has 0 aromatic heterocycles. The van der Waals surface area contributed by atoms with E-state index in [1.165, 1.54) is 18.2 Å². The van der Waals surface area contributed by atoms with Crippen LogP contribution in [-0.4, -0.2) is 71.4 Å². The molecule has 1 fully saturated rings. The topological polar surface area (TPSA) is 130 Å². The quantitative estimate of drug-likeness (QED) is 0.287. The summed E-state index contributed by atoms with van der Waals surface area (Å²) in [5.41, 5.74) is 0.697. The van der Waals surface area contributed by atoms with Gasteiger partial charge in [0, 0.05) is 42.0 Å². The third-order valence-electron chi connectivity index (χ3n) is 5.60. The van der Waals surface area contributed by atoms with Crippen LogP contribution in [0.2, 0.25) is 5.02 Å². The maximum atomic E-state index is 12.9. The Hall–Kier alpha value is -3.89. The van der Waals surface area contributed by atoms with Gasteiger partial charge in [0.25, 0.3) is 0 Å². The van der Waals surface area contributed by atoms with Crippen molar-refractivity contribution in [3.8, 4) is 0 Å². The van der Waals surface area contributed by atoms with Gasteiger partial charge in [-0.3, -0.25) is 28.9 Å². The van der Waals surface area contributed by atoms with Crippen molar-refractivity contribution in [3.63, 3.8) is 0 Å². The largest absolute Gasteiger partial charge is 0.382 e. The van der Waals surface area contributed by atoms with E-state index in [4.69, 9.17) is 16.3 Å². The second-order valence-electron chi connectivity index (χ2n) is 7.81. The van der Waals surface area contributed by atoms with Crippen LogP contribution in [-0.2, 0) is 19.1 Å². The Balaban J connectivity index is 1.49. The fourth-order valence-electron chi connectivity index (χ4n) is 3.90. The van der Waals surface area contributed by atoms with E-state index in [1.807, 2.05) is 0 Å². The molecule has 1 aliphatic heterocycles. The Morgan fingerprint density at radius 1 is 0.914 bits per heavy atom. The van der Waals surface area contributed by atoms with Gasteiger partial charge in [0.1, 0.15) is 6.54 Å². The van der Waals surface area contributed by atoms with E-state index in [-0.39, 0.29) is 45.3 Å². The van der Waals surface area contributed by atoms with Gasteiger partial charge in [0.05, 0.1) is 10.7 Å². The molecule has 5 amide bonds. The molecular weight excluding hydrogens is 478 g/mol. The maximum absolute atomic E-state index is 12.9. The normalized spacial score (nSPS) is 15.0. The summed E-state index contributed by atoms with van der Waals surface area (Å²) in [5, 5.41) is 2.44. The number of anilines is 1. The first-order valence-electron chi connectivity index (χ1n) is 10.8. The number of ketones is 2. The number of imide groups is 2. The van der Waals surface area contributed by atoms with Crippen LogP contribution in [0.15, 0.2) is 36.4 Å². The number of amides is 5. The molecule has 1 saturated heterocycles. The molecule has 35 heavy (non-hydrogen) atoms. The van der Waals surface area contributed by atoms with Gasteiger partial charge < -0.3 is 10.1 Å². The Morgan fingerprint density at radius 3 is 2.14 bits per heavy atom. The average molecular weight is 498 g/mol. The van der Waals surface area contributed by atoms with Crippen LogP contribution in [0.1, 0.15) is 45.2 Å². The number of nitrogens with one attached hydrogen (secondary N) is 1. The van der Waals surface area contributed by atoms with Crippen molar-refractivity contribution in [1.29, 1.82) is 0 Å². The lowest BCUT2D eigenvalue weighted by molar-refractivity contribution is -0.143. The third kappa shape index (κ3) is 4.45. The monoisotopic (exact) mass is 497 g/mol. The molecule has 180 valence electrons. The molecule has 0 saturated carbocycles. The summed E-state index contributed by atoms with van der Waals surface area (Å²) >= 11 is 6.25. The van der Waals surface area contributed by atoms with Crippen molar-refractivity contribution in [2.45, 2.75) is 13.3 Å². The molecule has 11 heteroatoms. The van der Waals surface area contributed by atoms with Crippen LogP contribution in [0, 0.1) is 0 Å². The minimum Gasteiger partial charge on any atom is -0.382 e. The van der Waals surface area contributed by atoms with Crippen molar-refractivity contribution in [2.24, 2.45) is 0 Å². The molecule has 4 rings (SSSR count). The third-order valence-corrected chi connectivity index (χ3v) is 5.91. The molecule has 0 atom stereocenters. The summed E-state index contributed by atoms with van der Waals surface area (Å²) < 4.78 is 5.16. The van der Waals surface area contributed by atoms with Gasteiger partial charge in [-0.2, -0.15) is 0 Å². The molecule has 10 nitrogen and oxygen atoms in total. The number of carbonyl (C=O) groups is 6. The Bertz CT molecular complexity index is 1290. The lowest BCUT2D eigenvalue weighted by atomic mass is 9.84. The first-order valence-corrected chi connectivity index (χ1v) is 11.2. The number of fused-ring (bicyclic) bond motifs is 2.